The summed E-state index contributed by atoms with van der Waals surface area (Å²) in [6.45, 7) is 1.26. The monoisotopic (exact) mass is 288 g/mol. The van der Waals surface area contributed by atoms with Crippen LogP contribution in [0.5, 0.6) is 0 Å². The van der Waals surface area contributed by atoms with Crippen LogP contribution in [0.4, 0.5) is 21.5 Å². The number of nitro groups is 1. The van der Waals surface area contributed by atoms with Gasteiger partial charge in [0.05, 0.1) is 16.2 Å². The predicted octanol–water partition coefficient (Wildman–Crippen LogP) is 3.70. The topological polar surface area (TPSA) is 63.5 Å². The van der Waals surface area contributed by atoms with Crippen LogP contribution in [-0.4, -0.2) is 17.8 Å². The summed E-state index contributed by atoms with van der Waals surface area (Å²) in [5.41, 5.74) is 0.561. The molecule has 0 N–H and O–H groups in total. The SMILES string of the molecule is CC(=O)c1cc(N(C)c2ccccc2F)ccc1[N+](=O)[O-]. The Labute approximate surface area is 120 Å². The van der Waals surface area contributed by atoms with Gasteiger partial charge in [0, 0.05) is 18.8 Å². The molecule has 0 saturated carbocycles. The number of nitrogens with zero attached hydrogens (tertiary/aromatic N) is 2. The van der Waals surface area contributed by atoms with E-state index in [2.05, 4.69) is 0 Å². The van der Waals surface area contributed by atoms with Crippen LogP contribution in [-0.2, 0) is 0 Å². The van der Waals surface area contributed by atoms with Gasteiger partial charge >= 0.3 is 0 Å². The quantitative estimate of drug-likeness (QED) is 0.489. The molecule has 0 aliphatic heterocycles. The molecule has 0 spiro atoms. The largest absolute Gasteiger partial charge is 0.342 e. The van der Waals surface area contributed by atoms with Crippen LogP contribution < -0.4 is 4.90 Å². The van der Waals surface area contributed by atoms with Crippen molar-refractivity contribution in [3.05, 3.63) is 64.0 Å². The van der Waals surface area contributed by atoms with Gasteiger partial charge in [0.15, 0.2) is 5.78 Å². The molecule has 0 aromatic heterocycles. The maximum Gasteiger partial charge on any atom is 0.280 e. The standard InChI is InChI=1S/C15H13FN2O3/c1-10(19)12-9-11(7-8-14(12)18(20)21)17(2)15-6-4-3-5-13(15)16/h3-9H,1-2H3. The van der Waals surface area contributed by atoms with Gasteiger partial charge in [-0.25, -0.2) is 4.39 Å². The number of ketones is 1. The highest BCUT2D eigenvalue weighted by Crippen LogP contribution is 2.30. The molecule has 108 valence electrons. The Morgan fingerprint density at radius 1 is 1.24 bits per heavy atom. The van der Waals surface area contributed by atoms with Crippen molar-refractivity contribution in [1.82, 2.24) is 0 Å². The Kier molecular flexibility index (Phi) is 3.98. The van der Waals surface area contributed by atoms with Crippen molar-refractivity contribution in [3.8, 4) is 0 Å². The fourth-order valence-electron chi connectivity index (χ4n) is 2.04. The average molecular weight is 288 g/mol. The van der Waals surface area contributed by atoms with Gasteiger partial charge in [0.1, 0.15) is 5.82 Å². The van der Waals surface area contributed by atoms with Crippen molar-refractivity contribution in [3.63, 3.8) is 0 Å². The third kappa shape index (κ3) is 2.89. The predicted molar refractivity (Wildman–Crippen MR) is 77.6 cm³/mol. The summed E-state index contributed by atoms with van der Waals surface area (Å²) in [6, 6.07) is 10.3. The zero-order chi connectivity index (χ0) is 15.6. The van der Waals surface area contributed by atoms with E-state index >= 15 is 0 Å². The molecule has 0 atom stereocenters. The van der Waals surface area contributed by atoms with Gasteiger partial charge in [0.2, 0.25) is 0 Å². The van der Waals surface area contributed by atoms with Crippen LogP contribution in [0, 0.1) is 15.9 Å². The fraction of sp³-hybridized carbons (Fsp3) is 0.133. The summed E-state index contributed by atoms with van der Waals surface area (Å²) < 4.78 is 13.8. The summed E-state index contributed by atoms with van der Waals surface area (Å²) in [4.78, 5) is 23.4. The summed E-state index contributed by atoms with van der Waals surface area (Å²) in [5, 5.41) is 10.9. The van der Waals surface area contributed by atoms with Gasteiger partial charge < -0.3 is 4.90 Å². The molecular weight excluding hydrogens is 275 g/mol. The highest BCUT2D eigenvalue weighted by molar-refractivity contribution is 5.99. The lowest BCUT2D eigenvalue weighted by Crippen LogP contribution is -2.12. The van der Waals surface area contributed by atoms with Gasteiger partial charge in [-0.1, -0.05) is 12.1 Å². The number of hydrogen-bond acceptors (Lipinski definition) is 4. The summed E-state index contributed by atoms with van der Waals surface area (Å²) >= 11 is 0. The van der Waals surface area contributed by atoms with Crippen LogP contribution in [0.15, 0.2) is 42.5 Å². The van der Waals surface area contributed by atoms with E-state index in [1.807, 2.05) is 0 Å². The molecule has 21 heavy (non-hydrogen) atoms. The first-order valence-electron chi connectivity index (χ1n) is 6.19. The van der Waals surface area contributed by atoms with Gasteiger partial charge in [-0.15, -0.1) is 0 Å². The summed E-state index contributed by atoms with van der Waals surface area (Å²) in [6.07, 6.45) is 0. The van der Waals surface area contributed by atoms with Crippen molar-refractivity contribution in [2.45, 2.75) is 6.92 Å². The second-order valence-electron chi connectivity index (χ2n) is 4.53. The minimum absolute atomic E-state index is 0.000638. The molecular formula is C15H13FN2O3. The Morgan fingerprint density at radius 2 is 1.90 bits per heavy atom. The van der Waals surface area contributed by atoms with Crippen LogP contribution in [0.1, 0.15) is 17.3 Å². The number of halogens is 1. The molecule has 0 amide bonds. The van der Waals surface area contributed by atoms with Gasteiger partial charge in [-0.3, -0.25) is 14.9 Å². The number of benzene rings is 2. The smallest absolute Gasteiger partial charge is 0.280 e. The zero-order valence-electron chi connectivity index (χ0n) is 11.5. The third-order valence-electron chi connectivity index (χ3n) is 3.16. The maximum absolute atomic E-state index is 13.8. The Balaban J connectivity index is 2.50. The van der Waals surface area contributed by atoms with E-state index in [-0.39, 0.29) is 11.3 Å². The lowest BCUT2D eigenvalue weighted by atomic mass is 10.1. The number of carbonyl (C=O) groups is 1. The first-order chi connectivity index (χ1) is 9.91. The fourth-order valence-corrected chi connectivity index (χ4v) is 2.04. The molecule has 0 saturated heterocycles. The van der Waals surface area contributed by atoms with Crippen molar-refractivity contribution in [2.75, 3.05) is 11.9 Å². The second kappa shape index (κ2) is 5.70. The van der Waals surface area contributed by atoms with E-state index in [0.717, 1.165) is 0 Å². The third-order valence-corrected chi connectivity index (χ3v) is 3.16. The lowest BCUT2D eigenvalue weighted by Gasteiger charge is -2.20. The zero-order valence-corrected chi connectivity index (χ0v) is 11.5. The molecule has 0 radical (unpaired) electrons. The minimum Gasteiger partial charge on any atom is -0.342 e. The molecule has 6 heteroatoms. The summed E-state index contributed by atoms with van der Waals surface area (Å²) in [5.74, 6) is -0.826. The Morgan fingerprint density at radius 3 is 2.48 bits per heavy atom. The number of para-hydroxylation sites is 1. The number of Topliss-reactive ketones (excluding diaryl/α,β-unsaturated/α-hetero) is 1. The summed E-state index contributed by atoms with van der Waals surface area (Å²) in [7, 11) is 1.63. The van der Waals surface area contributed by atoms with E-state index in [1.165, 1.54) is 36.1 Å². The van der Waals surface area contributed by atoms with Crippen molar-refractivity contribution >= 4 is 22.8 Å². The van der Waals surface area contributed by atoms with E-state index in [4.69, 9.17) is 0 Å². The van der Waals surface area contributed by atoms with Gasteiger partial charge in [-0.2, -0.15) is 0 Å². The molecule has 2 aromatic carbocycles. The number of anilines is 2. The molecule has 0 aliphatic carbocycles. The first-order valence-corrected chi connectivity index (χ1v) is 6.19. The molecule has 0 aliphatic rings. The van der Waals surface area contributed by atoms with Crippen LogP contribution in [0.25, 0.3) is 0 Å². The van der Waals surface area contributed by atoms with Crippen LogP contribution in [0.3, 0.4) is 0 Å². The van der Waals surface area contributed by atoms with Crippen LogP contribution in [0.2, 0.25) is 0 Å². The van der Waals surface area contributed by atoms with E-state index in [9.17, 15) is 19.3 Å². The molecule has 0 fully saturated rings. The van der Waals surface area contributed by atoms with Gasteiger partial charge in [-0.05, 0) is 31.2 Å². The number of nitro benzene ring substituents is 1. The molecule has 0 bridgehead atoms. The Bertz CT molecular complexity index is 716. The van der Waals surface area contributed by atoms with Crippen LogP contribution >= 0.6 is 0 Å². The van der Waals surface area contributed by atoms with Crippen molar-refractivity contribution in [1.29, 1.82) is 0 Å². The van der Waals surface area contributed by atoms with E-state index in [1.54, 1.807) is 25.2 Å². The number of carbonyl (C=O) groups excluding carboxylic acids is 1. The normalized spacial score (nSPS) is 10.2. The molecule has 2 rings (SSSR count). The lowest BCUT2D eigenvalue weighted by molar-refractivity contribution is -0.385. The second-order valence-corrected chi connectivity index (χ2v) is 4.53. The molecule has 0 unspecified atom stereocenters. The van der Waals surface area contributed by atoms with E-state index in [0.29, 0.717) is 11.4 Å². The van der Waals surface area contributed by atoms with E-state index < -0.39 is 16.5 Å². The molecule has 2 aromatic rings. The molecule has 0 heterocycles. The number of hydrogen-bond donors (Lipinski definition) is 0. The number of rotatable bonds is 4. The highest BCUT2D eigenvalue weighted by Gasteiger charge is 2.19. The molecule has 5 nitrogen and oxygen atoms in total. The minimum atomic E-state index is -0.608. The average Bonchev–Trinajstić information content (AvgIpc) is 2.46. The highest BCUT2D eigenvalue weighted by atomic mass is 19.1. The Hall–Kier alpha value is -2.76. The van der Waals surface area contributed by atoms with Crippen molar-refractivity contribution in [2.24, 2.45) is 0 Å². The van der Waals surface area contributed by atoms with Crippen molar-refractivity contribution < 1.29 is 14.1 Å². The maximum atomic E-state index is 13.8. The van der Waals surface area contributed by atoms with Gasteiger partial charge in [0.25, 0.3) is 5.69 Å². The first kappa shape index (κ1) is 14.6.